The molecule has 0 spiro atoms. The highest BCUT2D eigenvalue weighted by Gasteiger charge is 2.30. The van der Waals surface area contributed by atoms with Crippen molar-refractivity contribution in [3.63, 3.8) is 0 Å². The third-order valence-electron chi connectivity index (χ3n) is 3.44. The van der Waals surface area contributed by atoms with Crippen LogP contribution in [0, 0.1) is 0 Å². The molecule has 2 aromatic carbocycles. The molecule has 0 atom stereocenters. The standard InChI is InChI=1S/C17H12ClNO4/c18-12-3-7-14(8-4-12)23-17(22)11-1-5-13(6-2-11)19-15(20)9-10-16(19)21/h1-8H,9-10H2. The van der Waals surface area contributed by atoms with Crippen LogP contribution in [-0.4, -0.2) is 17.8 Å². The number of hydrogen-bond acceptors (Lipinski definition) is 4. The van der Waals surface area contributed by atoms with Gasteiger partial charge in [0.15, 0.2) is 0 Å². The molecule has 1 heterocycles. The number of anilines is 1. The highest BCUT2D eigenvalue weighted by molar-refractivity contribution is 6.30. The molecule has 0 radical (unpaired) electrons. The zero-order valence-corrected chi connectivity index (χ0v) is 12.7. The van der Waals surface area contributed by atoms with Crippen LogP contribution >= 0.6 is 11.6 Å². The number of nitrogens with zero attached hydrogens (tertiary/aromatic N) is 1. The summed E-state index contributed by atoms with van der Waals surface area (Å²) >= 11 is 5.77. The molecule has 0 aromatic heterocycles. The van der Waals surface area contributed by atoms with Crippen molar-refractivity contribution >= 4 is 35.1 Å². The molecule has 1 aliphatic rings. The first kappa shape index (κ1) is 15.2. The Morgan fingerprint density at radius 3 is 2.04 bits per heavy atom. The largest absolute Gasteiger partial charge is 0.423 e. The monoisotopic (exact) mass is 329 g/mol. The van der Waals surface area contributed by atoms with Crippen LogP contribution in [0.5, 0.6) is 5.75 Å². The smallest absolute Gasteiger partial charge is 0.343 e. The normalized spacial score (nSPS) is 14.2. The molecular formula is C17H12ClNO4. The summed E-state index contributed by atoms with van der Waals surface area (Å²) in [5, 5.41) is 0.550. The predicted octanol–water partition coefficient (Wildman–Crippen LogP) is 3.21. The summed E-state index contributed by atoms with van der Waals surface area (Å²) in [7, 11) is 0. The number of carbonyl (C=O) groups is 3. The number of amides is 2. The van der Waals surface area contributed by atoms with E-state index < -0.39 is 5.97 Å². The molecule has 2 aromatic rings. The first-order valence-corrected chi connectivity index (χ1v) is 7.36. The summed E-state index contributed by atoms with van der Waals surface area (Å²) in [5.74, 6) is -0.607. The number of ether oxygens (including phenoxy) is 1. The Morgan fingerprint density at radius 1 is 0.913 bits per heavy atom. The van der Waals surface area contributed by atoms with Crippen molar-refractivity contribution in [2.24, 2.45) is 0 Å². The van der Waals surface area contributed by atoms with Crippen molar-refractivity contribution in [1.82, 2.24) is 0 Å². The zero-order chi connectivity index (χ0) is 16.4. The molecule has 0 unspecified atom stereocenters. The molecule has 116 valence electrons. The molecule has 1 fully saturated rings. The number of esters is 1. The van der Waals surface area contributed by atoms with E-state index in [1.807, 2.05) is 0 Å². The Kier molecular flexibility index (Phi) is 4.12. The molecule has 1 saturated heterocycles. The number of benzene rings is 2. The van der Waals surface area contributed by atoms with Gasteiger partial charge in [-0.15, -0.1) is 0 Å². The van der Waals surface area contributed by atoms with E-state index in [2.05, 4.69) is 0 Å². The highest BCUT2D eigenvalue weighted by Crippen LogP contribution is 2.23. The topological polar surface area (TPSA) is 63.7 Å². The van der Waals surface area contributed by atoms with Gasteiger partial charge in [-0.05, 0) is 48.5 Å². The van der Waals surface area contributed by atoms with E-state index in [1.54, 1.807) is 36.4 Å². The van der Waals surface area contributed by atoms with Gasteiger partial charge in [-0.1, -0.05) is 11.6 Å². The van der Waals surface area contributed by atoms with Gasteiger partial charge in [0, 0.05) is 17.9 Å². The van der Waals surface area contributed by atoms with Crippen LogP contribution in [0.2, 0.25) is 5.02 Å². The lowest BCUT2D eigenvalue weighted by atomic mass is 10.2. The molecular weight excluding hydrogens is 318 g/mol. The molecule has 0 bridgehead atoms. The number of hydrogen-bond donors (Lipinski definition) is 0. The van der Waals surface area contributed by atoms with Gasteiger partial charge in [0.1, 0.15) is 5.75 Å². The third-order valence-corrected chi connectivity index (χ3v) is 3.69. The first-order chi connectivity index (χ1) is 11.0. The SMILES string of the molecule is O=C(Oc1ccc(Cl)cc1)c1ccc(N2C(=O)CCC2=O)cc1. The second-order valence-electron chi connectivity index (χ2n) is 5.01. The minimum atomic E-state index is -0.530. The predicted molar refractivity (Wildman–Crippen MR) is 84.6 cm³/mol. The number of halogens is 1. The third kappa shape index (κ3) is 3.24. The van der Waals surface area contributed by atoms with E-state index in [0.717, 1.165) is 4.90 Å². The number of carbonyl (C=O) groups excluding carboxylic acids is 3. The van der Waals surface area contributed by atoms with Gasteiger partial charge in [0.2, 0.25) is 11.8 Å². The van der Waals surface area contributed by atoms with Crippen LogP contribution in [0.4, 0.5) is 5.69 Å². The first-order valence-electron chi connectivity index (χ1n) is 6.98. The minimum absolute atomic E-state index is 0.221. The molecule has 0 N–H and O–H groups in total. The molecule has 2 amide bonds. The molecule has 1 aliphatic heterocycles. The van der Waals surface area contributed by atoms with Gasteiger partial charge in [0.05, 0.1) is 11.3 Å². The van der Waals surface area contributed by atoms with E-state index >= 15 is 0 Å². The molecule has 0 saturated carbocycles. The fourth-order valence-electron chi connectivity index (χ4n) is 2.28. The summed E-state index contributed by atoms with van der Waals surface area (Å²) in [6.07, 6.45) is 0.443. The maximum atomic E-state index is 12.1. The maximum Gasteiger partial charge on any atom is 0.343 e. The average molecular weight is 330 g/mol. The highest BCUT2D eigenvalue weighted by atomic mass is 35.5. The molecule has 3 rings (SSSR count). The lowest BCUT2D eigenvalue weighted by Crippen LogP contribution is -2.28. The van der Waals surface area contributed by atoms with Crippen molar-refractivity contribution in [1.29, 1.82) is 0 Å². The number of rotatable bonds is 3. The van der Waals surface area contributed by atoms with Crippen LogP contribution in [0.1, 0.15) is 23.2 Å². The van der Waals surface area contributed by atoms with Gasteiger partial charge >= 0.3 is 5.97 Å². The van der Waals surface area contributed by atoms with Gasteiger partial charge in [-0.2, -0.15) is 0 Å². The number of imide groups is 1. The summed E-state index contributed by atoms with van der Waals surface area (Å²) in [6, 6.07) is 12.6. The van der Waals surface area contributed by atoms with E-state index in [0.29, 0.717) is 22.0 Å². The van der Waals surface area contributed by atoms with Crippen molar-refractivity contribution in [2.75, 3.05) is 4.90 Å². The van der Waals surface area contributed by atoms with Crippen molar-refractivity contribution in [2.45, 2.75) is 12.8 Å². The summed E-state index contributed by atoms with van der Waals surface area (Å²) < 4.78 is 5.22. The maximum absolute atomic E-state index is 12.1. The van der Waals surface area contributed by atoms with Gasteiger partial charge in [0.25, 0.3) is 0 Å². The lowest BCUT2D eigenvalue weighted by Gasteiger charge is -2.14. The Morgan fingerprint density at radius 2 is 1.48 bits per heavy atom. The zero-order valence-electron chi connectivity index (χ0n) is 12.0. The van der Waals surface area contributed by atoms with E-state index in [4.69, 9.17) is 16.3 Å². The summed E-state index contributed by atoms with van der Waals surface area (Å²) in [4.78, 5) is 36.5. The molecule has 5 nitrogen and oxygen atoms in total. The van der Waals surface area contributed by atoms with Crippen molar-refractivity contribution < 1.29 is 19.1 Å². The van der Waals surface area contributed by atoms with Crippen LogP contribution in [-0.2, 0) is 9.59 Å². The van der Waals surface area contributed by atoms with Gasteiger partial charge < -0.3 is 4.74 Å². The van der Waals surface area contributed by atoms with E-state index in [9.17, 15) is 14.4 Å². The van der Waals surface area contributed by atoms with Crippen molar-refractivity contribution in [3.05, 3.63) is 59.1 Å². The van der Waals surface area contributed by atoms with Crippen LogP contribution < -0.4 is 9.64 Å². The second kappa shape index (κ2) is 6.22. The van der Waals surface area contributed by atoms with Crippen LogP contribution in [0.25, 0.3) is 0 Å². The Bertz CT molecular complexity index is 752. The minimum Gasteiger partial charge on any atom is -0.423 e. The average Bonchev–Trinajstić information content (AvgIpc) is 2.88. The van der Waals surface area contributed by atoms with Gasteiger partial charge in [-0.25, -0.2) is 4.79 Å². The fraction of sp³-hybridized carbons (Fsp3) is 0.118. The Hall–Kier alpha value is -2.66. The van der Waals surface area contributed by atoms with Crippen LogP contribution in [0.15, 0.2) is 48.5 Å². The van der Waals surface area contributed by atoms with E-state index in [1.165, 1.54) is 12.1 Å². The van der Waals surface area contributed by atoms with Gasteiger partial charge in [-0.3, -0.25) is 14.5 Å². The molecule has 6 heteroatoms. The van der Waals surface area contributed by atoms with Crippen LogP contribution in [0.3, 0.4) is 0 Å². The fourth-order valence-corrected chi connectivity index (χ4v) is 2.41. The summed E-state index contributed by atoms with van der Waals surface area (Å²) in [6.45, 7) is 0. The molecule has 0 aliphatic carbocycles. The Balaban J connectivity index is 1.74. The van der Waals surface area contributed by atoms with Crippen molar-refractivity contribution in [3.8, 4) is 5.75 Å². The Labute approximate surface area is 137 Å². The quantitative estimate of drug-likeness (QED) is 0.493. The molecule has 23 heavy (non-hydrogen) atoms. The lowest BCUT2D eigenvalue weighted by molar-refractivity contribution is -0.121. The van der Waals surface area contributed by atoms with E-state index in [-0.39, 0.29) is 24.7 Å². The second-order valence-corrected chi connectivity index (χ2v) is 5.45. The summed E-state index contributed by atoms with van der Waals surface area (Å²) in [5.41, 5.74) is 0.781.